The van der Waals surface area contributed by atoms with Crippen molar-refractivity contribution in [3.63, 3.8) is 0 Å². The zero-order valence-corrected chi connectivity index (χ0v) is 10.2. The van der Waals surface area contributed by atoms with Crippen LogP contribution in [0.15, 0.2) is 12.1 Å². The van der Waals surface area contributed by atoms with Crippen LogP contribution in [0.25, 0.3) is 0 Å². The molecular formula is C13H17NO4. The molecule has 1 atom stereocenters. The van der Waals surface area contributed by atoms with Crippen LogP contribution in [0.2, 0.25) is 0 Å². The second kappa shape index (κ2) is 4.94. The SMILES string of the molecule is Nc1cc2c(cc1OCC1CCCO1)OCCO2. The maximum absolute atomic E-state index is 5.93. The molecule has 0 radical (unpaired) electrons. The van der Waals surface area contributed by atoms with Crippen LogP contribution in [-0.4, -0.2) is 32.5 Å². The molecule has 98 valence electrons. The smallest absolute Gasteiger partial charge is 0.165 e. The van der Waals surface area contributed by atoms with Crippen molar-refractivity contribution in [1.29, 1.82) is 0 Å². The number of benzene rings is 1. The van der Waals surface area contributed by atoms with Gasteiger partial charge in [0, 0.05) is 18.7 Å². The Hall–Kier alpha value is -1.62. The van der Waals surface area contributed by atoms with E-state index in [1.165, 1.54) is 0 Å². The monoisotopic (exact) mass is 251 g/mol. The van der Waals surface area contributed by atoms with Gasteiger partial charge in [0.2, 0.25) is 0 Å². The largest absolute Gasteiger partial charge is 0.489 e. The van der Waals surface area contributed by atoms with Crippen LogP contribution in [-0.2, 0) is 4.74 Å². The molecule has 0 saturated carbocycles. The van der Waals surface area contributed by atoms with Gasteiger partial charge >= 0.3 is 0 Å². The summed E-state index contributed by atoms with van der Waals surface area (Å²) in [5, 5.41) is 0. The molecule has 1 unspecified atom stereocenters. The average Bonchev–Trinajstić information content (AvgIpc) is 2.89. The molecule has 2 aliphatic rings. The molecule has 2 heterocycles. The fraction of sp³-hybridized carbons (Fsp3) is 0.538. The van der Waals surface area contributed by atoms with Gasteiger partial charge in [0.15, 0.2) is 11.5 Å². The molecule has 5 heteroatoms. The van der Waals surface area contributed by atoms with Crippen molar-refractivity contribution in [3.8, 4) is 17.2 Å². The molecule has 18 heavy (non-hydrogen) atoms. The number of hydrogen-bond acceptors (Lipinski definition) is 5. The van der Waals surface area contributed by atoms with Crippen molar-refractivity contribution in [2.24, 2.45) is 0 Å². The normalized spacial score (nSPS) is 21.9. The Morgan fingerprint density at radius 2 is 1.94 bits per heavy atom. The van der Waals surface area contributed by atoms with E-state index in [0.29, 0.717) is 42.8 Å². The standard InChI is InChI=1S/C13H17NO4/c14-10-6-12-13(17-5-4-16-12)7-11(10)18-8-9-2-1-3-15-9/h6-7,9H,1-5,8,14H2. The third-order valence-corrected chi connectivity index (χ3v) is 3.12. The Morgan fingerprint density at radius 3 is 2.67 bits per heavy atom. The topological polar surface area (TPSA) is 62.9 Å². The highest BCUT2D eigenvalue weighted by Crippen LogP contribution is 2.38. The van der Waals surface area contributed by atoms with Gasteiger partial charge in [0.05, 0.1) is 11.8 Å². The highest BCUT2D eigenvalue weighted by molar-refractivity contribution is 5.62. The van der Waals surface area contributed by atoms with E-state index in [0.717, 1.165) is 19.4 Å². The first kappa shape index (κ1) is 11.5. The van der Waals surface area contributed by atoms with Gasteiger partial charge in [0.25, 0.3) is 0 Å². The molecule has 0 bridgehead atoms. The van der Waals surface area contributed by atoms with Gasteiger partial charge in [-0.15, -0.1) is 0 Å². The van der Waals surface area contributed by atoms with Crippen LogP contribution in [0.3, 0.4) is 0 Å². The van der Waals surface area contributed by atoms with Crippen molar-refractivity contribution < 1.29 is 18.9 Å². The number of nitrogens with two attached hydrogens (primary N) is 1. The van der Waals surface area contributed by atoms with Crippen molar-refractivity contribution in [2.75, 3.05) is 32.2 Å². The molecule has 5 nitrogen and oxygen atoms in total. The summed E-state index contributed by atoms with van der Waals surface area (Å²) in [6.07, 6.45) is 2.33. The van der Waals surface area contributed by atoms with Crippen molar-refractivity contribution in [2.45, 2.75) is 18.9 Å². The van der Waals surface area contributed by atoms with Gasteiger partial charge in [-0.2, -0.15) is 0 Å². The molecular weight excluding hydrogens is 234 g/mol. The maximum Gasteiger partial charge on any atom is 0.165 e. The quantitative estimate of drug-likeness (QED) is 0.827. The molecule has 0 aliphatic carbocycles. The summed E-state index contributed by atoms with van der Waals surface area (Å²) >= 11 is 0. The van der Waals surface area contributed by atoms with Gasteiger partial charge in [-0.1, -0.05) is 0 Å². The van der Waals surface area contributed by atoms with E-state index in [-0.39, 0.29) is 6.10 Å². The van der Waals surface area contributed by atoms with E-state index in [2.05, 4.69) is 0 Å². The number of anilines is 1. The number of hydrogen-bond donors (Lipinski definition) is 1. The third-order valence-electron chi connectivity index (χ3n) is 3.12. The predicted octanol–water partition coefficient (Wildman–Crippen LogP) is 1.60. The second-order valence-corrected chi connectivity index (χ2v) is 4.48. The summed E-state index contributed by atoms with van der Waals surface area (Å²) < 4.78 is 22.2. The summed E-state index contributed by atoms with van der Waals surface area (Å²) in [6, 6.07) is 3.54. The highest BCUT2D eigenvalue weighted by Gasteiger charge is 2.19. The average molecular weight is 251 g/mol. The Balaban J connectivity index is 1.70. The zero-order chi connectivity index (χ0) is 12.4. The lowest BCUT2D eigenvalue weighted by Crippen LogP contribution is -2.18. The van der Waals surface area contributed by atoms with E-state index in [4.69, 9.17) is 24.7 Å². The third kappa shape index (κ3) is 2.31. The van der Waals surface area contributed by atoms with Crippen LogP contribution < -0.4 is 19.9 Å². The van der Waals surface area contributed by atoms with Gasteiger partial charge in [-0.05, 0) is 12.8 Å². The molecule has 0 spiro atoms. The first-order valence-electron chi connectivity index (χ1n) is 6.26. The van der Waals surface area contributed by atoms with Gasteiger partial charge in [0.1, 0.15) is 25.6 Å². The van der Waals surface area contributed by atoms with Crippen LogP contribution in [0, 0.1) is 0 Å². The number of fused-ring (bicyclic) bond motifs is 1. The Bertz CT molecular complexity index is 429. The lowest BCUT2D eigenvalue weighted by molar-refractivity contribution is 0.0679. The van der Waals surface area contributed by atoms with E-state index in [1.54, 1.807) is 12.1 Å². The van der Waals surface area contributed by atoms with E-state index < -0.39 is 0 Å². The number of ether oxygens (including phenoxy) is 4. The summed E-state index contributed by atoms with van der Waals surface area (Å²) in [6.45, 7) is 2.47. The molecule has 1 fully saturated rings. The van der Waals surface area contributed by atoms with Crippen LogP contribution >= 0.6 is 0 Å². The van der Waals surface area contributed by atoms with Crippen molar-refractivity contribution >= 4 is 5.69 Å². The number of rotatable bonds is 3. The Kier molecular flexibility index (Phi) is 3.15. The fourth-order valence-corrected chi connectivity index (χ4v) is 2.17. The van der Waals surface area contributed by atoms with E-state index in [9.17, 15) is 0 Å². The van der Waals surface area contributed by atoms with Crippen molar-refractivity contribution in [3.05, 3.63) is 12.1 Å². The molecule has 2 N–H and O–H groups in total. The van der Waals surface area contributed by atoms with Gasteiger partial charge < -0.3 is 24.7 Å². The van der Waals surface area contributed by atoms with Gasteiger partial charge in [-0.25, -0.2) is 0 Å². The summed E-state index contributed by atoms with van der Waals surface area (Å²) in [7, 11) is 0. The van der Waals surface area contributed by atoms with Gasteiger partial charge in [-0.3, -0.25) is 0 Å². The Labute approximate surface area is 106 Å². The predicted molar refractivity (Wildman–Crippen MR) is 66.3 cm³/mol. The van der Waals surface area contributed by atoms with E-state index >= 15 is 0 Å². The lowest BCUT2D eigenvalue weighted by atomic mass is 10.2. The molecule has 2 aliphatic heterocycles. The van der Waals surface area contributed by atoms with Crippen molar-refractivity contribution in [1.82, 2.24) is 0 Å². The minimum absolute atomic E-state index is 0.178. The van der Waals surface area contributed by atoms with Crippen LogP contribution in [0.1, 0.15) is 12.8 Å². The van der Waals surface area contributed by atoms with Crippen LogP contribution in [0.4, 0.5) is 5.69 Å². The molecule has 0 aromatic heterocycles. The van der Waals surface area contributed by atoms with Crippen LogP contribution in [0.5, 0.6) is 17.2 Å². The summed E-state index contributed by atoms with van der Waals surface area (Å²) in [5.41, 5.74) is 6.49. The minimum atomic E-state index is 0.178. The first-order valence-corrected chi connectivity index (χ1v) is 6.26. The molecule has 3 rings (SSSR count). The number of nitrogen functional groups attached to an aromatic ring is 1. The fourth-order valence-electron chi connectivity index (χ4n) is 2.17. The van der Waals surface area contributed by atoms with E-state index in [1.807, 2.05) is 0 Å². The summed E-state index contributed by atoms with van der Waals surface area (Å²) in [5.74, 6) is 2.01. The molecule has 1 saturated heterocycles. The Morgan fingerprint density at radius 1 is 1.17 bits per heavy atom. The molecule has 1 aromatic carbocycles. The molecule has 0 amide bonds. The lowest BCUT2D eigenvalue weighted by Gasteiger charge is -2.20. The minimum Gasteiger partial charge on any atom is -0.489 e. The first-order chi connectivity index (χ1) is 8.83. The highest BCUT2D eigenvalue weighted by atomic mass is 16.6. The molecule has 1 aromatic rings. The second-order valence-electron chi connectivity index (χ2n) is 4.48. The maximum atomic E-state index is 5.93. The zero-order valence-electron chi connectivity index (χ0n) is 10.2. The summed E-state index contributed by atoms with van der Waals surface area (Å²) in [4.78, 5) is 0.